The third kappa shape index (κ3) is 5.74. The molecule has 5 aliphatic rings. The molecule has 1 atom stereocenters. The Labute approximate surface area is 323 Å². The minimum atomic E-state index is -0.179. The molecule has 2 bridgehead atoms. The van der Waals surface area contributed by atoms with Crippen LogP contribution in [0.3, 0.4) is 0 Å². The van der Waals surface area contributed by atoms with Crippen molar-refractivity contribution in [3.05, 3.63) is 162 Å². The zero-order chi connectivity index (χ0) is 36.2. The van der Waals surface area contributed by atoms with Crippen LogP contribution in [-0.2, 0) is 5.41 Å². The second-order valence-corrected chi connectivity index (χ2v) is 17.4. The fourth-order valence-electron chi connectivity index (χ4n) is 11.3. The summed E-state index contributed by atoms with van der Waals surface area (Å²) in [6.45, 7) is 4.87. The predicted molar refractivity (Wildman–Crippen MR) is 228 cm³/mol. The summed E-state index contributed by atoms with van der Waals surface area (Å²) in [5.74, 6) is 3.16. The van der Waals surface area contributed by atoms with E-state index >= 15 is 0 Å². The van der Waals surface area contributed by atoms with Crippen molar-refractivity contribution in [1.82, 2.24) is 0 Å². The Morgan fingerprint density at radius 2 is 1.11 bits per heavy atom. The average molecular weight is 704 g/mol. The highest BCUT2D eigenvalue weighted by molar-refractivity contribution is 6.01. The predicted octanol–water partition coefficient (Wildman–Crippen LogP) is 15.1. The Bertz CT molecular complexity index is 2260. The molecule has 1 nitrogen and oxygen atoms in total. The van der Waals surface area contributed by atoms with Gasteiger partial charge >= 0.3 is 0 Å². The molecule has 0 spiro atoms. The van der Waals surface area contributed by atoms with Crippen molar-refractivity contribution >= 4 is 17.1 Å². The van der Waals surface area contributed by atoms with E-state index in [9.17, 15) is 0 Å². The van der Waals surface area contributed by atoms with Crippen molar-refractivity contribution in [2.24, 2.45) is 11.8 Å². The van der Waals surface area contributed by atoms with Crippen LogP contribution in [0.15, 0.2) is 140 Å². The van der Waals surface area contributed by atoms with Gasteiger partial charge in [-0.1, -0.05) is 155 Å². The third-order valence-corrected chi connectivity index (χ3v) is 14.1. The topological polar surface area (TPSA) is 3.24 Å². The molecule has 270 valence electrons. The summed E-state index contributed by atoms with van der Waals surface area (Å²) in [4.78, 5) is 2.58. The van der Waals surface area contributed by atoms with E-state index in [2.05, 4.69) is 158 Å². The van der Waals surface area contributed by atoms with Crippen LogP contribution in [0.5, 0.6) is 0 Å². The summed E-state index contributed by atoms with van der Waals surface area (Å²) in [7, 11) is 0. The lowest BCUT2D eigenvalue weighted by Gasteiger charge is -2.42. The van der Waals surface area contributed by atoms with Gasteiger partial charge in [-0.15, -0.1) is 0 Å². The van der Waals surface area contributed by atoms with Gasteiger partial charge in [-0.25, -0.2) is 0 Å². The summed E-state index contributed by atoms with van der Waals surface area (Å²) < 4.78 is 0. The van der Waals surface area contributed by atoms with E-state index < -0.39 is 0 Å². The van der Waals surface area contributed by atoms with Gasteiger partial charge in [-0.3, -0.25) is 0 Å². The van der Waals surface area contributed by atoms with Crippen molar-refractivity contribution in [3.8, 4) is 33.4 Å². The maximum absolute atomic E-state index is 2.58. The van der Waals surface area contributed by atoms with Crippen molar-refractivity contribution in [2.45, 2.75) is 95.3 Å². The number of benzene rings is 6. The van der Waals surface area contributed by atoms with Gasteiger partial charge in [0.15, 0.2) is 0 Å². The molecule has 0 aliphatic heterocycles. The van der Waals surface area contributed by atoms with Crippen LogP contribution in [0.1, 0.15) is 112 Å². The van der Waals surface area contributed by atoms with Gasteiger partial charge in [0.2, 0.25) is 0 Å². The number of hydrogen-bond donors (Lipinski definition) is 0. The van der Waals surface area contributed by atoms with E-state index in [1.54, 1.807) is 5.56 Å². The molecule has 54 heavy (non-hydrogen) atoms. The van der Waals surface area contributed by atoms with Crippen LogP contribution in [0.2, 0.25) is 0 Å². The van der Waals surface area contributed by atoms with E-state index in [4.69, 9.17) is 0 Å². The maximum atomic E-state index is 2.58. The van der Waals surface area contributed by atoms with E-state index in [1.807, 2.05) is 0 Å². The Morgan fingerprint density at radius 1 is 0.500 bits per heavy atom. The number of anilines is 3. The molecule has 4 fully saturated rings. The molecule has 4 saturated carbocycles. The van der Waals surface area contributed by atoms with Gasteiger partial charge in [0.1, 0.15) is 0 Å². The molecule has 0 amide bonds. The van der Waals surface area contributed by atoms with Gasteiger partial charge in [-0.05, 0) is 136 Å². The van der Waals surface area contributed by atoms with Crippen molar-refractivity contribution in [1.29, 1.82) is 0 Å². The number of fused-ring (bicyclic) bond motifs is 6. The van der Waals surface area contributed by atoms with Gasteiger partial charge < -0.3 is 4.90 Å². The molecule has 0 radical (unpaired) electrons. The molecule has 0 heterocycles. The fourth-order valence-corrected chi connectivity index (χ4v) is 11.3. The average Bonchev–Trinajstić information content (AvgIpc) is 3.48. The highest BCUT2D eigenvalue weighted by Crippen LogP contribution is 2.57. The smallest absolute Gasteiger partial charge is 0.0543 e. The van der Waals surface area contributed by atoms with E-state index in [-0.39, 0.29) is 5.41 Å². The fraction of sp³-hybridized carbons (Fsp3) is 0.321. The summed E-state index contributed by atoms with van der Waals surface area (Å²) in [6, 6.07) is 53.6. The molecule has 5 aliphatic carbocycles. The largest absolute Gasteiger partial charge is 0.310 e. The molecule has 0 N–H and O–H groups in total. The molecular formula is C53H53N. The SMILES string of the molecule is CC1(C)c2ccccc2-c2ccc(N(c3ccc(C4CCCCC4)cc3)c3ccc(C4CC5CCC4CC5)cc3)c(-c3ccccc3-c3ccccc3)c21. The molecule has 1 heteroatoms. The van der Waals surface area contributed by atoms with Gasteiger partial charge in [0.05, 0.1) is 5.69 Å². The van der Waals surface area contributed by atoms with Crippen LogP contribution in [0.4, 0.5) is 17.1 Å². The first-order valence-corrected chi connectivity index (χ1v) is 21.0. The number of rotatable bonds is 7. The minimum Gasteiger partial charge on any atom is -0.310 e. The Morgan fingerprint density at radius 3 is 1.78 bits per heavy atom. The van der Waals surface area contributed by atoms with Crippen LogP contribution < -0.4 is 4.90 Å². The lowest BCUT2D eigenvalue weighted by molar-refractivity contribution is 0.145. The first-order valence-electron chi connectivity index (χ1n) is 21.0. The van der Waals surface area contributed by atoms with Crippen LogP contribution >= 0.6 is 0 Å². The number of nitrogens with zero attached hydrogens (tertiary/aromatic N) is 1. The third-order valence-electron chi connectivity index (χ3n) is 14.1. The normalized spacial score (nSPS) is 21.4. The number of hydrogen-bond acceptors (Lipinski definition) is 1. The molecule has 11 rings (SSSR count). The minimum absolute atomic E-state index is 0.179. The van der Waals surface area contributed by atoms with Crippen molar-refractivity contribution < 1.29 is 0 Å². The summed E-state index contributed by atoms with van der Waals surface area (Å²) in [6.07, 6.45) is 13.8. The van der Waals surface area contributed by atoms with Gasteiger partial charge in [0, 0.05) is 22.4 Å². The van der Waals surface area contributed by atoms with E-state index in [1.165, 1.54) is 131 Å². The quantitative estimate of drug-likeness (QED) is 0.160. The lowest BCUT2D eigenvalue weighted by atomic mass is 9.63. The first-order chi connectivity index (χ1) is 26.5. The lowest BCUT2D eigenvalue weighted by Crippen LogP contribution is -2.29. The first kappa shape index (κ1) is 33.7. The summed E-state index contributed by atoms with van der Waals surface area (Å²) in [5.41, 5.74) is 17.3. The van der Waals surface area contributed by atoms with Crippen LogP contribution in [-0.4, -0.2) is 0 Å². The van der Waals surface area contributed by atoms with Crippen LogP contribution in [0.25, 0.3) is 33.4 Å². The highest BCUT2D eigenvalue weighted by atomic mass is 15.1. The zero-order valence-electron chi connectivity index (χ0n) is 32.1. The Hall–Kier alpha value is -4.88. The summed E-state index contributed by atoms with van der Waals surface area (Å²) in [5, 5.41) is 0. The molecule has 1 unspecified atom stereocenters. The van der Waals surface area contributed by atoms with Crippen LogP contribution in [0, 0.1) is 11.8 Å². The van der Waals surface area contributed by atoms with Crippen molar-refractivity contribution in [2.75, 3.05) is 4.90 Å². The summed E-state index contributed by atoms with van der Waals surface area (Å²) >= 11 is 0. The highest BCUT2D eigenvalue weighted by Gasteiger charge is 2.40. The molecule has 0 saturated heterocycles. The molecular weight excluding hydrogens is 651 g/mol. The van der Waals surface area contributed by atoms with Crippen molar-refractivity contribution in [3.63, 3.8) is 0 Å². The van der Waals surface area contributed by atoms with E-state index in [0.29, 0.717) is 11.8 Å². The maximum Gasteiger partial charge on any atom is 0.0543 e. The van der Waals surface area contributed by atoms with E-state index in [0.717, 1.165) is 11.8 Å². The molecule has 6 aromatic carbocycles. The second kappa shape index (κ2) is 13.8. The monoisotopic (exact) mass is 703 g/mol. The standard InChI is InChI=1S/C53H53N/c1-53(2)49-20-12-11-18-45(49)47-33-34-50(51(52(47)53)46-19-10-9-17-44(46)39-15-7-4-8-16-39)54(42-29-25-38(26-30-42)37-13-5-3-6-14-37)43-31-27-41(28-32-43)48-35-36-21-23-40(48)24-22-36/h4,7-12,15-20,25-34,36-37,40,48H,3,5-6,13-14,21-24,35H2,1-2H3. The second-order valence-electron chi connectivity index (χ2n) is 17.4. The zero-order valence-corrected chi connectivity index (χ0v) is 32.1. The van der Waals surface area contributed by atoms with Gasteiger partial charge in [0.25, 0.3) is 0 Å². The Balaban J connectivity index is 1.19. The van der Waals surface area contributed by atoms with Gasteiger partial charge in [-0.2, -0.15) is 0 Å². The Kier molecular flexibility index (Phi) is 8.58. The molecule has 6 aromatic rings. The molecule has 0 aromatic heterocycles.